The zero-order valence-corrected chi connectivity index (χ0v) is 13.4. The maximum Gasteiger partial charge on any atom is 0.331 e. The van der Waals surface area contributed by atoms with Crippen LogP contribution in [0.15, 0.2) is 58.3 Å². The highest BCUT2D eigenvalue weighted by Gasteiger charge is 2.06. The van der Waals surface area contributed by atoms with Crippen LogP contribution in [-0.4, -0.2) is 11.0 Å². The number of rotatable bonds is 5. The second-order valence-electron chi connectivity index (χ2n) is 4.90. The predicted octanol–water partition coefficient (Wildman–Crippen LogP) is 4.47. The molecule has 4 nitrogen and oxygen atoms in total. The molecular formula is C18H15NO3S. The lowest BCUT2D eigenvalue weighted by Crippen LogP contribution is -2.00. The number of thiazole rings is 1. The molecule has 0 aliphatic carbocycles. The van der Waals surface area contributed by atoms with E-state index in [-0.39, 0.29) is 6.61 Å². The number of carbonyl (C=O) groups excluding carboxylic acids is 1. The number of ether oxygens (including phenoxy) is 1. The lowest BCUT2D eigenvalue weighted by atomic mass is 10.2. The van der Waals surface area contributed by atoms with Gasteiger partial charge >= 0.3 is 5.97 Å². The summed E-state index contributed by atoms with van der Waals surface area (Å²) >= 11 is 1.53. The molecule has 0 fully saturated rings. The molecule has 0 bridgehead atoms. The number of furan rings is 1. The van der Waals surface area contributed by atoms with E-state index in [9.17, 15) is 4.79 Å². The number of esters is 1. The van der Waals surface area contributed by atoms with Gasteiger partial charge in [-0.25, -0.2) is 9.78 Å². The van der Waals surface area contributed by atoms with E-state index < -0.39 is 5.97 Å². The quantitative estimate of drug-likeness (QED) is 0.513. The van der Waals surface area contributed by atoms with Crippen LogP contribution in [-0.2, 0) is 16.1 Å². The maximum absolute atomic E-state index is 11.7. The van der Waals surface area contributed by atoms with Gasteiger partial charge in [0.1, 0.15) is 23.1 Å². The van der Waals surface area contributed by atoms with Gasteiger partial charge in [0.05, 0.1) is 5.69 Å². The molecule has 5 heteroatoms. The number of nitrogens with zero attached hydrogens (tertiary/aromatic N) is 1. The molecule has 3 aromatic rings. The Bertz CT molecular complexity index is 818. The Hall–Kier alpha value is -2.66. The summed E-state index contributed by atoms with van der Waals surface area (Å²) in [6.07, 6.45) is 2.94. The normalized spacial score (nSPS) is 11.0. The highest BCUT2D eigenvalue weighted by atomic mass is 32.1. The SMILES string of the molecule is Cc1ccc(C=CC(=O)OCc2csc(-c3ccccc3)n2)o1. The Morgan fingerprint density at radius 3 is 2.83 bits per heavy atom. The van der Waals surface area contributed by atoms with E-state index in [1.54, 1.807) is 12.1 Å². The number of carbonyl (C=O) groups is 1. The average Bonchev–Trinajstić information content (AvgIpc) is 3.21. The average molecular weight is 325 g/mol. The van der Waals surface area contributed by atoms with Gasteiger partial charge in [0.25, 0.3) is 0 Å². The Morgan fingerprint density at radius 1 is 1.26 bits per heavy atom. The van der Waals surface area contributed by atoms with Crippen molar-refractivity contribution in [2.24, 2.45) is 0 Å². The van der Waals surface area contributed by atoms with Crippen LogP contribution in [0, 0.1) is 6.92 Å². The first-order valence-corrected chi connectivity index (χ1v) is 8.00. The van der Waals surface area contributed by atoms with Crippen LogP contribution < -0.4 is 0 Å². The van der Waals surface area contributed by atoms with Crippen molar-refractivity contribution in [2.75, 3.05) is 0 Å². The van der Waals surface area contributed by atoms with Crippen molar-refractivity contribution < 1.29 is 13.9 Å². The number of aromatic nitrogens is 1. The van der Waals surface area contributed by atoms with Crippen molar-refractivity contribution in [3.8, 4) is 10.6 Å². The Labute approximate surface area is 138 Å². The highest BCUT2D eigenvalue weighted by molar-refractivity contribution is 7.13. The van der Waals surface area contributed by atoms with Gasteiger partial charge in [-0.2, -0.15) is 0 Å². The van der Waals surface area contributed by atoms with Crippen molar-refractivity contribution in [2.45, 2.75) is 13.5 Å². The van der Waals surface area contributed by atoms with Crippen LogP contribution in [0.1, 0.15) is 17.2 Å². The topological polar surface area (TPSA) is 52.3 Å². The van der Waals surface area contributed by atoms with Gasteiger partial charge in [-0.3, -0.25) is 0 Å². The van der Waals surface area contributed by atoms with Gasteiger partial charge < -0.3 is 9.15 Å². The Morgan fingerprint density at radius 2 is 2.09 bits per heavy atom. The highest BCUT2D eigenvalue weighted by Crippen LogP contribution is 2.23. The zero-order valence-electron chi connectivity index (χ0n) is 12.6. The van der Waals surface area contributed by atoms with E-state index in [0.29, 0.717) is 5.76 Å². The minimum Gasteiger partial charge on any atom is -0.462 e. The smallest absolute Gasteiger partial charge is 0.331 e. The molecule has 0 radical (unpaired) electrons. The molecule has 0 saturated carbocycles. The van der Waals surface area contributed by atoms with E-state index in [1.807, 2.05) is 48.7 Å². The summed E-state index contributed by atoms with van der Waals surface area (Å²) in [5.41, 5.74) is 1.80. The summed E-state index contributed by atoms with van der Waals surface area (Å²) in [5, 5.41) is 2.81. The summed E-state index contributed by atoms with van der Waals surface area (Å²) in [4.78, 5) is 16.2. The molecule has 0 unspecified atom stereocenters. The van der Waals surface area contributed by atoms with E-state index in [0.717, 1.165) is 22.0 Å². The molecule has 1 aromatic carbocycles. The van der Waals surface area contributed by atoms with Gasteiger partial charge in [-0.05, 0) is 25.1 Å². The third-order valence-electron chi connectivity index (χ3n) is 3.08. The number of aryl methyl sites for hydroxylation is 1. The molecule has 0 spiro atoms. The monoisotopic (exact) mass is 325 g/mol. The summed E-state index contributed by atoms with van der Waals surface area (Å²) in [6.45, 7) is 2.01. The molecule has 0 atom stereocenters. The van der Waals surface area contributed by atoms with E-state index >= 15 is 0 Å². The predicted molar refractivity (Wildman–Crippen MR) is 89.8 cm³/mol. The summed E-state index contributed by atoms with van der Waals surface area (Å²) in [7, 11) is 0. The van der Waals surface area contributed by atoms with Crippen LogP contribution in [0.4, 0.5) is 0 Å². The molecule has 2 aromatic heterocycles. The second-order valence-corrected chi connectivity index (χ2v) is 5.76. The van der Waals surface area contributed by atoms with Crippen molar-refractivity contribution in [3.63, 3.8) is 0 Å². The fraction of sp³-hybridized carbons (Fsp3) is 0.111. The second kappa shape index (κ2) is 7.07. The van der Waals surface area contributed by atoms with Gasteiger partial charge in [-0.15, -0.1) is 11.3 Å². The van der Waals surface area contributed by atoms with E-state index in [2.05, 4.69) is 4.98 Å². The van der Waals surface area contributed by atoms with Crippen LogP contribution >= 0.6 is 11.3 Å². The van der Waals surface area contributed by atoms with Crippen LogP contribution in [0.2, 0.25) is 0 Å². The lowest BCUT2D eigenvalue weighted by molar-refractivity contribution is -0.139. The van der Waals surface area contributed by atoms with Crippen molar-refractivity contribution >= 4 is 23.4 Å². The van der Waals surface area contributed by atoms with Crippen molar-refractivity contribution in [1.82, 2.24) is 4.98 Å². The van der Waals surface area contributed by atoms with E-state index in [1.165, 1.54) is 17.4 Å². The standard InChI is InChI=1S/C18H15NO3S/c1-13-7-8-16(22-13)9-10-17(20)21-11-15-12-23-18(19-15)14-5-3-2-4-6-14/h2-10,12H,11H2,1H3. The third-order valence-corrected chi connectivity index (χ3v) is 4.02. The fourth-order valence-electron chi connectivity index (χ4n) is 1.97. The molecule has 2 heterocycles. The molecular weight excluding hydrogens is 310 g/mol. The summed E-state index contributed by atoms with van der Waals surface area (Å²) in [6, 6.07) is 13.5. The van der Waals surface area contributed by atoms with Gasteiger partial charge in [0.15, 0.2) is 0 Å². The first-order valence-electron chi connectivity index (χ1n) is 7.12. The maximum atomic E-state index is 11.7. The first-order chi connectivity index (χ1) is 11.2. The summed E-state index contributed by atoms with van der Waals surface area (Å²) in [5.74, 6) is 1.00. The van der Waals surface area contributed by atoms with Crippen LogP contribution in [0.3, 0.4) is 0 Å². The molecule has 3 rings (SSSR count). The Kier molecular flexibility index (Phi) is 4.68. The minimum absolute atomic E-state index is 0.156. The summed E-state index contributed by atoms with van der Waals surface area (Å²) < 4.78 is 10.5. The Balaban J connectivity index is 1.55. The minimum atomic E-state index is -0.423. The van der Waals surface area contributed by atoms with E-state index in [4.69, 9.17) is 9.15 Å². The molecule has 23 heavy (non-hydrogen) atoms. The van der Waals surface area contributed by atoms with Gasteiger partial charge in [-0.1, -0.05) is 30.3 Å². The van der Waals surface area contributed by atoms with Crippen molar-refractivity contribution in [3.05, 3.63) is 71.1 Å². The van der Waals surface area contributed by atoms with Gasteiger partial charge in [0, 0.05) is 17.0 Å². The molecule has 0 N–H and O–H groups in total. The van der Waals surface area contributed by atoms with Crippen molar-refractivity contribution in [1.29, 1.82) is 0 Å². The van der Waals surface area contributed by atoms with Crippen LogP contribution in [0.5, 0.6) is 0 Å². The largest absolute Gasteiger partial charge is 0.462 e. The zero-order chi connectivity index (χ0) is 16.1. The molecule has 0 aliphatic heterocycles. The fourth-order valence-corrected chi connectivity index (χ4v) is 2.78. The lowest BCUT2D eigenvalue weighted by Gasteiger charge is -1.98. The molecule has 0 amide bonds. The number of hydrogen-bond acceptors (Lipinski definition) is 5. The third kappa shape index (κ3) is 4.17. The molecule has 0 saturated heterocycles. The number of hydrogen-bond donors (Lipinski definition) is 0. The molecule has 116 valence electrons. The van der Waals surface area contributed by atoms with Gasteiger partial charge in [0.2, 0.25) is 0 Å². The number of benzene rings is 1. The molecule has 0 aliphatic rings. The first kappa shape index (κ1) is 15.2. The van der Waals surface area contributed by atoms with Crippen LogP contribution in [0.25, 0.3) is 16.6 Å².